The van der Waals surface area contributed by atoms with Gasteiger partial charge in [-0.3, -0.25) is 0 Å². The lowest BCUT2D eigenvalue weighted by atomic mass is 10.0. The predicted molar refractivity (Wildman–Crippen MR) is 54.7 cm³/mol. The molecule has 13 heavy (non-hydrogen) atoms. The van der Waals surface area contributed by atoms with Gasteiger partial charge in [0.1, 0.15) is 0 Å². The molecular weight excluding hydrogens is 164 g/mol. The summed E-state index contributed by atoms with van der Waals surface area (Å²) < 4.78 is 5.11. The Balaban J connectivity index is 2.19. The zero-order valence-electron chi connectivity index (χ0n) is 8.83. The second kappa shape index (κ2) is 5.58. The fourth-order valence-electron chi connectivity index (χ4n) is 2.04. The van der Waals surface area contributed by atoms with Crippen molar-refractivity contribution in [2.75, 3.05) is 33.4 Å². The van der Waals surface area contributed by atoms with Crippen LogP contribution in [0.3, 0.4) is 0 Å². The largest absolute Gasteiger partial charge is 0.384 e. The highest BCUT2D eigenvalue weighted by Crippen LogP contribution is 2.10. The van der Waals surface area contributed by atoms with Gasteiger partial charge >= 0.3 is 0 Å². The van der Waals surface area contributed by atoms with E-state index in [2.05, 4.69) is 11.8 Å². The highest BCUT2D eigenvalue weighted by atomic mass is 16.5. The van der Waals surface area contributed by atoms with E-state index in [1.165, 1.54) is 19.4 Å². The van der Waals surface area contributed by atoms with Gasteiger partial charge in [-0.05, 0) is 25.3 Å². The number of likely N-dealkylation sites (tertiary alicyclic amines) is 1. The molecule has 1 fully saturated rings. The molecule has 1 saturated heterocycles. The van der Waals surface area contributed by atoms with Gasteiger partial charge in [0.2, 0.25) is 0 Å². The first-order valence-electron chi connectivity index (χ1n) is 5.19. The maximum absolute atomic E-state index is 5.90. The summed E-state index contributed by atoms with van der Waals surface area (Å²) in [7, 11) is 1.76. The average molecular weight is 186 g/mol. The van der Waals surface area contributed by atoms with Gasteiger partial charge in [0.25, 0.3) is 0 Å². The number of piperidine rings is 1. The summed E-state index contributed by atoms with van der Waals surface area (Å²) in [6.45, 7) is 6.48. The molecule has 1 aliphatic heterocycles. The number of ether oxygens (including phenoxy) is 1. The van der Waals surface area contributed by atoms with E-state index < -0.39 is 0 Å². The van der Waals surface area contributed by atoms with Crippen molar-refractivity contribution in [3.05, 3.63) is 0 Å². The molecule has 0 amide bonds. The van der Waals surface area contributed by atoms with E-state index in [1.54, 1.807) is 7.11 Å². The van der Waals surface area contributed by atoms with E-state index in [9.17, 15) is 0 Å². The summed E-state index contributed by atoms with van der Waals surface area (Å²) >= 11 is 0. The number of rotatable bonds is 4. The first-order valence-corrected chi connectivity index (χ1v) is 5.19. The Labute approximate surface area is 81.2 Å². The van der Waals surface area contributed by atoms with E-state index in [0.29, 0.717) is 12.0 Å². The van der Waals surface area contributed by atoms with Crippen LogP contribution < -0.4 is 5.73 Å². The van der Waals surface area contributed by atoms with Crippen LogP contribution in [-0.4, -0.2) is 44.3 Å². The topological polar surface area (TPSA) is 38.5 Å². The maximum atomic E-state index is 5.90. The van der Waals surface area contributed by atoms with Crippen LogP contribution in [-0.2, 0) is 4.74 Å². The molecule has 2 atom stereocenters. The fraction of sp³-hybridized carbons (Fsp3) is 1.00. The van der Waals surface area contributed by atoms with Crippen LogP contribution in [0.2, 0.25) is 0 Å². The molecule has 2 unspecified atom stereocenters. The summed E-state index contributed by atoms with van der Waals surface area (Å²) in [5.74, 6) is 0.621. The van der Waals surface area contributed by atoms with Gasteiger partial charge < -0.3 is 15.4 Å². The van der Waals surface area contributed by atoms with E-state index in [-0.39, 0.29) is 0 Å². The molecule has 78 valence electrons. The Morgan fingerprint density at radius 1 is 1.62 bits per heavy atom. The molecule has 0 saturated carbocycles. The molecule has 0 aromatic heterocycles. The Hall–Kier alpha value is -0.120. The summed E-state index contributed by atoms with van der Waals surface area (Å²) in [4.78, 5) is 2.46. The van der Waals surface area contributed by atoms with Crippen molar-refractivity contribution in [3.63, 3.8) is 0 Å². The van der Waals surface area contributed by atoms with Crippen molar-refractivity contribution in [2.24, 2.45) is 11.7 Å². The van der Waals surface area contributed by atoms with Gasteiger partial charge in [-0.15, -0.1) is 0 Å². The Morgan fingerprint density at radius 2 is 2.38 bits per heavy atom. The Kier molecular flexibility index (Phi) is 4.70. The molecule has 0 spiro atoms. The van der Waals surface area contributed by atoms with Crippen LogP contribution in [0.25, 0.3) is 0 Å². The molecule has 3 heteroatoms. The monoisotopic (exact) mass is 186 g/mol. The van der Waals surface area contributed by atoms with E-state index >= 15 is 0 Å². The highest BCUT2D eigenvalue weighted by molar-refractivity contribution is 4.75. The maximum Gasteiger partial charge on any atom is 0.0500 e. The molecule has 0 aromatic carbocycles. The molecule has 0 bridgehead atoms. The molecule has 0 aromatic rings. The van der Waals surface area contributed by atoms with Crippen molar-refractivity contribution in [2.45, 2.75) is 25.8 Å². The number of nitrogens with two attached hydrogens (primary N) is 1. The van der Waals surface area contributed by atoms with Gasteiger partial charge in [-0.1, -0.05) is 6.92 Å². The lowest BCUT2D eigenvalue weighted by molar-refractivity contribution is 0.116. The zero-order chi connectivity index (χ0) is 9.68. The predicted octanol–water partition coefficient (Wildman–Crippen LogP) is 0.692. The number of methoxy groups -OCH3 is 1. The van der Waals surface area contributed by atoms with Crippen molar-refractivity contribution < 1.29 is 4.74 Å². The van der Waals surface area contributed by atoms with Gasteiger partial charge in [0.15, 0.2) is 0 Å². The lowest BCUT2D eigenvalue weighted by Gasteiger charge is -2.32. The minimum Gasteiger partial charge on any atom is -0.384 e. The standard InChI is InChI=1S/C10H22N2O/c1-9(8-13-2)6-12-5-3-4-10(11)7-12/h9-10H,3-8,11H2,1-2H3. The fourth-order valence-corrected chi connectivity index (χ4v) is 2.04. The molecule has 1 aliphatic rings. The molecular formula is C10H22N2O. The molecule has 0 radical (unpaired) electrons. The highest BCUT2D eigenvalue weighted by Gasteiger charge is 2.17. The van der Waals surface area contributed by atoms with Crippen LogP contribution in [0.4, 0.5) is 0 Å². The van der Waals surface area contributed by atoms with Crippen LogP contribution in [0.15, 0.2) is 0 Å². The van der Waals surface area contributed by atoms with E-state index in [0.717, 1.165) is 19.7 Å². The first kappa shape index (κ1) is 11.0. The zero-order valence-corrected chi connectivity index (χ0v) is 8.83. The van der Waals surface area contributed by atoms with Gasteiger partial charge in [0, 0.05) is 32.8 Å². The lowest BCUT2D eigenvalue weighted by Crippen LogP contribution is -2.44. The molecule has 1 heterocycles. The quantitative estimate of drug-likeness (QED) is 0.702. The third kappa shape index (κ3) is 4.07. The van der Waals surface area contributed by atoms with Crippen molar-refractivity contribution >= 4 is 0 Å². The minimum absolute atomic E-state index is 0.392. The van der Waals surface area contributed by atoms with Gasteiger partial charge in [-0.2, -0.15) is 0 Å². The normalized spacial score (nSPS) is 27.5. The number of hydrogen-bond donors (Lipinski definition) is 1. The van der Waals surface area contributed by atoms with Crippen LogP contribution in [0, 0.1) is 5.92 Å². The second-order valence-electron chi connectivity index (χ2n) is 4.22. The molecule has 3 nitrogen and oxygen atoms in total. The van der Waals surface area contributed by atoms with Crippen LogP contribution >= 0.6 is 0 Å². The van der Waals surface area contributed by atoms with Crippen molar-refractivity contribution in [3.8, 4) is 0 Å². The van der Waals surface area contributed by atoms with Gasteiger partial charge in [-0.25, -0.2) is 0 Å². The second-order valence-corrected chi connectivity index (χ2v) is 4.22. The Bertz CT molecular complexity index is 141. The Morgan fingerprint density at radius 3 is 3.00 bits per heavy atom. The third-order valence-electron chi connectivity index (χ3n) is 2.56. The number of nitrogens with zero attached hydrogens (tertiary/aromatic N) is 1. The van der Waals surface area contributed by atoms with E-state index in [1.807, 2.05) is 0 Å². The summed E-state index contributed by atoms with van der Waals surface area (Å²) in [6.07, 6.45) is 2.44. The van der Waals surface area contributed by atoms with Crippen LogP contribution in [0.5, 0.6) is 0 Å². The SMILES string of the molecule is COCC(C)CN1CCCC(N)C1. The van der Waals surface area contributed by atoms with Gasteiger partial charge in [0.05, 0.1) is 0 Å². The average Bonchev–Trinajstić information content (AvgIpc) is 2.04. The molecule has 0 aliphatic carbocycles. The summed E-state index contributed by atoms with van der Waals surface area (Å²) in [5, 5.41) is 0. The van der Waals surface area contributed by atoms with Crippen LogP contribution in [0.1, 0.15) is 19.8 Å². The summed E-state index contributed by atoms with van der Waals surface area (Å²) in [5.41, 5.74) is 5.90. The van der Waals surface area contributed by atoms with Crippen molar-refractivity contribution in [1.29, 1.82) is 0 Å². The molecule has 2 N–H and O–H groups in total. The van der Waals surface area contributed by atoms with E-state index in [4.69, 9.17) is 10.5 Å². The first-order chi connectivity index (χ1) is 6.22. The molecule has 1 rings (SSSR count). The van der Waals surface area contributed by atoms with Crippen molar-refractivity contribution in [1.82, 2.24) is 4.90 Å². The minimum atomic E-state index is 0.392. The number of hydrogen-bond acceptors (Lipinski definition) is 3. The smallest absolute Gasteiger partial charge is 0.0500 e. The summed E-state index contributed by atoms with van der Waals surface area (Å²) in [6, 6.07) is 0.392. The third-order valence-corrected chi connectivity index (χ3v) is 2.56.